The zero-order chi connectivity index (χ0) is 19.3. The van der Waals surface area contributed by atoms with Gasteiger partial charge in [0.05, 0.1) is 15.4 Å². The summed E-state index contributed by atoms with van der Waals surface area (Å²) in [6, 6.07) is 4.23. The number of hydrogen-bond donors (Lipinski definition) is 1. The largest absolute Gasteiger partial charge is 0.452 e. The summed E-state index contributed by atoms with van der Waals surface area (Å²) < 4.78 is 5.02. The molecule has 1 aliphatic carbocycles. The Labute approximate surface area is 157 Å². The summed E-state index contributed by atoms with van der Waals surface area (Å²) in [5.74, 6) is -0.169. The summed E-state index contributed by atoms with van der Waals surface area (Å²) in [7, 11) is 0. The summed E-state index contributed by atoms with van der Waals surface area (Å²) in [6.45, 7) is 3.90. The van der Waals surface area contributed by atoms with E-state index in [9.17, 15) is 19.7 Å². The molecule has 0 radical (unpaired) electrons. The summed E-state index contributed by atoms with van der Waals surface area (Å²) in [5.41, 5.74) is -0.0941. The number of nitrogens with zero attached hydrogens (tertiary/aromatic N) is 1. The van der Waals surface area contributed by atoms with Crippen LogP contribution in [0.15, 0.2) is 23.1 Å². The Morgan fingerprint density at radius 2 is 2.08 bits per heavy atom. The molecule has 1 saturated carbocycles. The molecule has 0 spiro atoms. The number of rotatable bonds is 6. The molecule has 1 fully saturated rings. The molecular weight excluding hydrogens is 356 g/mol. The summed E-state index contributed by atoms with van der Waals surface area (Å²) in [4.78, 5) is 35.2. The molecule has 0 saturated heterocycles. The van der Waals surface area contributed by atoms with Crippen molar-refractivity contribution in [1.29, 1.82) is 0 Å². The molecule has 8 heteroatoms. The minimum Gasteiger partial charge on any atom is -0.452 e. The molecule has 0 unspecified atom stereocenters. The highest BCUT2D eigenvalue weighted by Crippen LogP contribution is 2.30. The first-order valence-corrected chi connectivity index (χ1v) is 9.85. The lowest BCUT2D eigenvalue weighted by molar-refractivity contribution is -0.387. The van der Waals surface area contributed by atoms with Crippen LogP contribution >= 0.6 is 11.8 Å². The lowest BCUT2D eigenvalue weighted by Gasteiger charge is -2.34. The minimum absolute atomic E-state index is 0.0574. The van der Waals surface area contributed by atoms with Crippen molar-refractivity contribution in [2.45, 2.75) is 44.0 Å². The SMILES string of the molecule is CSc1ccc(C(=O)OCC(=O)N[C@@H]2CCC[C@@H](C)[C@H]2C)cc1[N+](=O)[O-]. The number of thioether (sulfide) groups is 1. The van der Waals surface area contributed by atoms with Crippen LogP contribution in [0.1, 0.15) is 43.5 Å². The Bertz CT molecular complexity index is 694. The van der Waals surface area contributed by atoms with E-state index in [-0.39, 0.29) is 23.2 Å². The first-order valence-electron chi connectivity index (χ1n) is 8.62. The predicted octanol–water partition coefficient (Wildman–Crippen LogP) is 3.41. The molecule has 26 heavy (non-hydrogen) atoms. The molecule has 1 aliphatic rings. The molecule has 7 nitrogen and oxygen atoms in total. The van der Waals surface area contributed by atoms with Crippen molar-refractivity contribution in [1.82, 2.24) is 5.32 Å². The summed E-state index contributed by atoms with van der Waals surface area (Å²) in [6.07, 6.45) is 4.88. The molecule has 1 aromatic carbocycles. The fourth-order valence-electron chi connectivity index (χ4n) is 3.21. The first-order chi connectivity index (χ1) is 12.3. The van der Waals surface area contributed by atoms with Crippen LogP contribution in [0, 0.1) is 22.0 Å². The molecule has 142 valence electrons. The molecule has 2 rings (SSSR count). The van der Waals surface area contributed by atoms with Gasteiger partial charge in [-0.1, -0.05) is 26.7 Å². The number of nitrogens with one attached hydrogen (secondary N) is 1. The van der Waals surface area contributed by atoms with Crippen LogP contribution in [0.5, 0.6) is 0 Å². The maximum absolute atomic E-state index is 12.1. The number of benzene rings is 1. The Hall–Kier alpha value is -2.09. The second kappa shape index (κ2) is 9.02. The van der Waals surface area contributed by atoms with Gasteiger partial charge in [-0.2, -0.15) is 0 Å². The monoisotopic (exact) mass is 380 g/mol. The van der Waals surface area contributed by atoms with Crippen molar-refractivity contribution in [3.8, 4) is 0 Å². The zero-order valence-electron chi connectivity index (χ0n) is 15.2. The molecule has 1 amide bonds. The number of carbonyl (C=O) groups is 2. The lowest BCUT2D eigenvalue weighted by Crippen LogP contribution is -2.45. The summed E-state index contributed by atoms with van der Waals surface area (Å²) >= 11 is 1.22. The third kappa shape index (κ3) is 4.97. The molecule has 1 aromatic rings. The number of nitro benzene ring substituents is 1. The molecule has 1 N–H and O–H groups in total. The number of nitro groups is 1. The first kappa shape index (κ1) is 20.2. The van der Waals surface area contributed by atoms with Gasteiger partial charge in [-0.3, -0.25) is 14.9 Å². The number of ether oxygens (including phenoxy) is 1. The van der Waals surface area contributed by atoms with Gasteiger partial charge >= 0.3 is 5.97 Å². The van der Waals surface area contributed by atoms with E-state index in [1.807, 2.05) is 0 Å². The van der Waals surface area contributed by atoms with E-state index in [2.05, 4.69) is 19.2 Å². The molecular formula is C18H24N2O5S. The predicted molar refractivity (Wildman–Crippen MR) is 99.3 cm³/mol. The average Bonchev–Trinajstić information content (AvgIpc) is 2.62. The Balaban J connectivity index is 1.93. The number of hydrogen-bond acceptors (Lipinski definition) is 6. The van der Waals surface area contributed by atoms with Crippen molar-refractivity contribution in [3.05, 3.63) is 33.9 Å². The van der Waals surface area contributed by atoms with Crippen LogP contribution in [-0.4, -0.2) is 35.7 Å². The van der Waals surface area contributed by atoms with Gasteiger partial charge in [0.1, 0.15) is 0 Å². The van der Waals surface area contributed by atoms with Gasteiger partial charge in [-0.25, -0.2) is 4.79 Å². The lowest BCUT2D eigenvalue weighted by atomic mass is 9.78. The molecule has 0 bridgehead atoms. The zero-order valence-corrected chi connectivity index (χ0v) is 16.0. The van der Waals surface area contributed by atoms with E-state index in [4.69, 9.17) is 4.74 Å². The van der Waals surface area contributed by atoms with Crippen LogP contribution in [-0.2, 0) is 9.53 Å². The maximum atomic E-state index is 12.1. The number of carbonyl (C=O) groups excluding carboxylic acids is 2. The van der Waals surface area contributed by atoms with Gasteiger partial charge in [0.2, 0.25) is 0 Å². The van der Waals surface area contributed by atoms with Crippen LogP contribution in [0.4, 0.5) is 5.69 Å². The Morgan fingerprint density at radius 1 is 1.35 bits per heavy atom. The van der Waals surface area contributed by atoms with Gasteiger partial charge in [0, 0.05) is 12.1 Å². The second-order valence-electron chi connectivity index (χ2n) is 6.66. The smallest absolute Gasteiger partial charge is 0.338 e. The fraction of sp³-hybridized carbons (Fsp3) is 0.556. The molecule has 0 aromatic heterocycles. The molecule has 0 aliphatic heterocycles. The third-order valence-electron chi connectivity index (χ3n) is 5.00. The van der Waals surface area contributed by atoms with Crippen LogP contribution < -0.4 is 5.32 Å². The molecule has 0 heterocycles. The number of esters is 1. The van der Waals surface area contributed by atoms with Crippen LogP contribution in [0.25, 0.3) is 0 Å². The normalized spacial score (nSPS) is 22.5. The van der Waals surface area contributed by atoms with Gasteiger partial charge in [-0.15, -0.1) is 11.8 Å². The average molecular weight is 380 g/mol. The maximum Gasteiger partial charge on any atom is 0.338 e. The Kier molecular flexibility index (Phi) is 7.02. The van der Waals surface area contributed by atoms with Crippen molar-refractivity contribution < 1.29 is 19.2 Å². The number of amides is 1. The van der Waals surface area contributed by atoms with E-state index < -0.39 is 17.5 Å². The third-order valence-corrected chi connectivity index (χ3v) is 5.78. The van der Waals surface area contributed by atoms with Crippen LogP contribution in [0.2, 0.25) is 0 Å². The van der Waals surface area contributed by atoms with Gasteiger partial charge in [-0.05, 0) is 36.6 Å². The minimum atomic E-state index is -0.749. The quantitative estimate of drug-likeness (QED) is 0.351. The highest BCUT2D eigenvalue weighted by Gasteiger charge is 2.28. The summed E-state index contributed by atoms with van der Waals surface area (Å²) in [5, 5.41) is 14.0. The molecule has 3 atom stereocenters. The van der Waals surface area contributed by atoms with Gasteiger partial charge in [0.25, 0.3) is 11.6 Å². The van der Waals surface area contributed by atoms with Crippen molar-refractivity contribution in [2.75, 3.05) is 12.9 Å². The van der Waals surface area contributed by atoms with Gasteiger partial charge < -0.3 is 10.1 Å². The highest BCUT2D eigenvalue weighted by atomic mass is 32.2. The van der Waals surface area contributed by atoms with Crippen molar-refractivity contribution in [2.24, 2.45) is 11.8 Å². The van der Waals surface area contributed by atoms with E-state index in [1.165, 1.54) is 30.0 Å². The fourth-order valence-corrected chi connectivity index (χ4v) is 3.75. The standard InChI is InChI=1S/C18H24N2O5S/c1-11-5-4-6-14(12(11)2)19-17(21)10-25-18(22)13-7-8-16(26-3)15(9-13)20(23)24/h7-9,11-12,14H,4-6,10H2,1-3H3,(H,19,21)/t11-,12-,14-/m1/s1. The van der Waals surface area contributed by atoms with Crippen molar-refractivity contribution >= 4 is 29.3 Å². The van der Waals surface area contributed by atoms with Gasteiger partial charge in [0.15, 0.2) is 6.61 Å². The van der Waals surface area contributed by atoms with E-state index in [0.29, 0.717) is 16.7 Å². The van der Waals surface area contributed by atoms with Crippen molar-refractivity contribution in [3.63, 3.8) is 0 Å². The highest BCUT2D eigenvalue weighted by molar-refractivity contribution is 7.98. The van der Waals surface area contributed by atoms with E-state index >= 15 is 0 Å². The topological polar surface area (TPSA) is 98.5 Å². The second-order valence-corrected chi connectivity index (χ2v) is 7.51. The van der Waals surface area contributed by atoms with E-state index in [1.54, 1.807) is 6.26 Å². The Morgan fingerprint density at radius 3 is 2.73 bits per heavy atom. The van der Waals surface area contributed by atoms with Crippen LogP contribution in [0.3, 0.4) is 0 Å². The van der Waals surface area contributed by atoms with E-state index in [0.717, 1.165) is 19.3 Å².